The van der Waals surface area contributed by atoms with Gasteiger partial charge in [0.25, 0.3) is 0 Å². The van der Waals surface area contributed by atoms with E-state index in [-0.39, 0.29) is 23.7 Å². The lowest BCUT2D eigenvalue weighted by molar-refractivity contribution is -0.123. The van der Waals surface area contributed by atoms with E-state index in [1.165, 1.54) is 23.4 Å². The summed E-state index contributed by atoms with van der Waals surface area (Å²) >= 11 is 5.02. The summed E-state index contributed by atoms with van der Waals surface area (Å²) in [7, 11) is 0. The van der Waals surface area contributed by atoms with Crippen molar-refractivity contribution in [2.24, 2.45) is 5.92 Å². The first kappa shape index (κ1) is 16.2. The minimum absolute atomic E-state index is 0.0332. The van der Waals surface area contributed by atoms with E-state index in [1.807, 2.05) is 18.2 Å². The van der Waals surface area contributed by atoms with Gasteiger partial charge in [-0.05, 0) is 48.1 Å². The lowest BCUT2D eigenvalue weighted by Gasteiger charge is -2.26. The van der Waals surface area contributed by atoms with Crippen molar-refractivity contribution >= 4 is 33.6 Å². The zero-order chi connectivity index (χ0) is 16.7. The Morgan fingerprint density at radius 3 is 2.92 bits per heavy atom. The molecule has 2 nitrogen and oxygen atoms in total. The average molecular weight is 406 g/mol. The number of carbonyl (C=O) groups is 1. The molecule has 2 aliphatic rings. The van der Waals surface area contributed by atoms with Crippen molar-refractivity contribution in [3.63, 3.8) is 0 Å². The summed E-state index contributed by atoms with van der Waals surface area (Å²) in [6.07, 6.45) is 1.74. The fourth-order valence-electron chi connectivity index (χ4n) is 3.41. The van der Waals surface area contributed by atoms with E-state index in [0.29, 0.717) is 10.8 Å². The molecule has 1 aliphatic heterocycles. The Bertz CT molecular complexity index is 797. The molecule has 4 rings (SSSR count). The molecule has 3 unspecified atom stereocenters. The third kappa shape index (κ3) is 3.11. The zero-order valence-electron chi connectivity index (χ0n) is 13.0. The number of thioether (sulfide) groups is 1. The number of amides is 1. The predicted octanol–water partition coefficient (Wildman–Crippen LogP) is 5.05. The molecule has 2 aromatic carbocycles. The molecule has 0 aromatic heterocycles. The maximum absolute atomic E-state index is 13.9. The highest BCUT2D eigenvalue weighted by Crippen LogP contribution is 2.48. The molecule has 5 heteroatoms. The van der Waals surface area contributed by atoms with Crippen LogP contribution in [0.1, 0.15) is 35.9 Å². The van der Waals surface area contributed by atoms with Crippen LogP contribution in [-0.2, 0) is 4.79 Å². The molecule has 3 atom stereocenters. The quantitative estimate of drug-likeness (QED) is 0.774. The molecule has 24 heavy (non-hydrogen) atoms. The summed E-state index contributed by atoms with van der Waals surface area (Å²) in [6.45, 7) is 0. The van der Waals surface area contributed by atoms with Gasteiger partial charge in [0, 0.05) is 21.0 Å². The summed E-state index contributed by atoms with van der Waals surface area (Å²) in [5.41, 5.74) is 2.12. The summed E-state index contributed by atoms with van der Waals surface area (Å²) in [6, 6.07) is 13.2. The van der Waals surface area contributed by atoms with E-state index in [0.717, 1.165) is 28.6 Å². The first-order chi connectivity index (χ1) is 11.6. The molecular weight excluding hydrogens is 389 g/mol. The van der Waals surface area contributed by atoms with Gasteiger partial charge in [-0.25, -0.2) is 4.39 Å². The van der Waals surface area contributed by atoms with Gasteiger partial charge in [-0.2, -0.15) is 0 Å². The van der Waals surface area contributed by atoms with Gasteiger partial charge >= 0.3 is 0 Å². The van der Waals surface area contributed by atoms with Gasteiger partial charge in [0.15, 0.2) is 0 Å². The predicted molar refractivity (Wildman–Crippen MR) is 97.6 cm³/mol. The average Bonchev–Trinajstić information content (AvgIpc) is 3.37. The highest BCUT2D eigenvalue weighted by atomic mass is 79.9. The van der Waals surface area contributed by atoms with Gasteiger partial charge in [-0.3, -0.25) is 4.79 Å². The molecule has 2 aromatic rings. The molecule has 0 radical (unpaired) electrons. The second-order valence-corrected chi connectivity index (χ2v) is 8.38. The van der Waals surface area contributed by atoms with E-state index in [9.17, 15) is 9.18 Å². The smallest absolute Gasteiger partial charge is 0.224 e. The fraction of sp³-hybridized carbons (Fsp3) is 0.316. The van der Waals surface area contributed by atoms with Gasteiger partial charge in [0.05, 0.1) is 6.04 Å². The number of nitrogens with one attached hydrogen (secondary N) is 1. The number of rotatable bonds is 3. The Hall–Kier alpha value is -1.33. The second kappa shape index (κ2) is 6.52. The van der Waals surface area contributed by atoms with E-state index < -0.39 is 0 Å². The lowest BCUT2D eigenvalue weighted by Crippen LogP contribution is -2.32. The molecule has 1 fully saturated rings. The monoisotopic (exact) mass is 405 g/mol. The largest absolute Gasteiger partial charge is 0.349 e. The van der Waals surface area contributed by atoms with Crippen molar-refractivity contribution in [3.8, 4) is 0 Å². The third-order valence-corrected chi connectivity index (χ3v) is 6.40. The molecule has 1 heterocycles. The number of fused-ring (bicyclic) bond motifs is 1. The Morgan fingerprint density at radius 2 is 2.08 bits per heavy atom. The third-order valence-electron chi connectivity index (χ3n) is 4.75. The maximum atomic E-state index is 13.9. The van der Waals surface area contributed by atoms with E-state index >= 15 is 0 Å². The van der Waals surface area contributed by atoms with Crippen LogP contribution in [0.3, 0.4) is 0 Å². The molecule has 1 aliphatic carbocycles. The first-order valence-electron chi connectivity index (χ1n) is 8.10. The Labute approximate surface area is 153 Å². The summed E-state index contributed by atoms with van der Waals surface area (Å²) < 4.78 is 15.0. The fourth-order valence-corrected chi connectivity index (χ4v) is 4.96. The van der Waals surface area contributed by atoms with E-state index in [2.05, 4.69) is 33.4 Å². The van der Waals surface area contributed by atoms with Gasteiger partial charge in [0.1, 0.15) is 5.82 Å². The van der Waals surface area contributed by atoms with Crippen LogP contribution in [0.5, 0.6) is 0 Å². The summed E-state index contributed by atoms with van der Waals surface area (Å²) in [4.78, 5) is 13.3. The number of carbonyl (C=O) groups excluding carboxylic acids is 1. The second-order valence-electron chi connectivity index (χ2n) is 6.36. The maximum Gasteiger partial charge on any atom is 0.224 e. The molecule has 1 saturated carbocycles. The highest BCUT2D eigenvalue weighted by molar-refractivity contribution is 9.10. The number of halogens is 2. The van der Waals surface area contributed by atoms with Gasteiger partial charge in [-0.15, -0.1) is 11.8 Å². The molecule has 1 amide bonds. The van der Waals surface area contributed by atoms with Gasteiger partial charge in [0.2, 0.25) is 5.91 Å². The minimum Gasteiger partial charge on any atom is -0.349 e. The van der Waals surface area contributed by atoms with Crippen LogP contribution in [0.4, 0.5) is 4.39 Å². The van der Waals surface area contributed by atoms with Crippen molar-refractivity contribution < 1.29 is 9.18 Å². The van der Waals surface area contributed by atoms with Crippen LogP contribution in [0.15, 0.2) is 51.8 Å². The Kier molecular flexibility index (Phi) is 4.39. The van der Waals surface area contributed by atoms with Crippen molar-refractivity contribution in [3.05, 3.63) is 63.9 Å². The number of hydrogen-bond donors (Lipinski definition) is 1. The summed E-state index contributed by atoms with van der Waals surface area (Å²) in [5, 5.41) is 3.15. The van der Waals surface area contributed by atoms with Crippen molar-refractivity contribution in [1.29, 1.82) is 0 Å². The summed E-state index contributed by atoms with van der Waals surface area (Å²) in [5.74, 6) is 1.07. The van der Waals surface area contributed by atoms with Crippen LogP contribution >= 0.6 is 27.7 Å². The molecule has 0 saturated heterocycles. The van der Waals surface area contributed by atoms with E-state index in [1.54, 1.807) is 6.07 Å². The molecular formula is C19H17BrFNOS. The van der Waals surface area contributed by atoms with Crippen LogP contribution in [0.25, 0.3) is 0 Å². The first-order valence-corrected chi connectivity index (χ1v) is 9.88. The topological polar surface area (TPSA) is 29.1 Å². The standard InChI is InChI=1S/C19H17BrFNOS/c20-12-4-1-3-11(9-12)14-10-15(14)19(23)22-17-7-8-24-18-13(17)5-2-6-16(18)21/h1-6,9,14-15,17H,7-8,10H2,(H,22,23). The molecule has 0 spiro atoms. The van der Waals surface area contributed by atoms with Crippen LogP contribution in [-0.4, -0.2) is 11.7 Å². The number of hydrogen-bond acceptors (Lipinski definition) is 2. The van der Waals surface area contributed by atoms with Crippen LogP contribution < -0.4 is 5.32 Å². The Morgan fingerprint density at radius 1 is 1.25 bits per heavy atom. The van der Waals surface area contributed by atoms with Crippen LogP contribution in [0.2, 0.25) is 0 Å². The SMILES string of the molecule is O=C(NC1CCSc2c(F)cccc21)C1CC1c1cccc(Br)c1. The van der Waals surface area contributed by atoms with Gasteiger partial charge < -0.3 is 5.32 Å². The van der Waals surface area contributed by atoms with Crippen LogP contribution in [0, 0.1) is 11.7 Å². The highest BCUT2D eigenvalue weighted by Gasteiger charge is 2.44. The van der Waals surface area contributed by atoms with Crippen molar-refractivity contribution in [2.45, 2.75) is 29.7 Å². The van der Waals surface area contributed by atoms with Crippen molar-refractivity contribution in [1.82, 2.24) is 5.32 Å². The molecule has 1 N–H and O–H groups in total. The minimum atomic E-state index is -0.185. The van der Waals surface area contributed by atoms with E-state index in [4.69, 9.17) is 0 Å². The zero-order valence-corrected chi connectivity index (χ0v) is 15.4. The number of benzene rings is 2. The van der Waals surface area contributed by atoms with Gasteiger partial charge in [-0.1, -0.05) is 40.2 Å². The Balaban J connectivity index is 1.46. The molecule has 0 bridgehead atoms. The molecule has 124 valence electrons. The normalized spacial score (nSPS) is 25.0. The van der Waals surface area contributed by atoms with Crippen molar-refractivity contribution in [2.75, 3.05) is 5.75 Å². The lowest BCUT2D eigenvalue weighted by atomic mass is 10.0.